The molecule has 2 aliphatic carbocycles. The minimum atomic E-state index is -4.10. The molecule has 0 aromatic carbocycles. The van der Waals surface area contributed by atoms with Gasteiger partial charge in [-0.05, 0) is 32.1 Å². The molecule has 0 amide bonds. The molecule has 2 fully saturated rings. The molecule has 0 radical (unpaired) electrons. The van der Waals surface area contributed by atoms with Gasteiger partial charge < -0.3 is 4.57 Å². The van der Waals surface area contributed by atoms with Gasteiger partial charge in [-0.1, -0.05) is 6.42 Å². The predicted octanol–water partition coefficient (Wildman–Crippen LogP) is 4.19. The number of alkyl halides is 4. The zero-order chi connectivity index (χ0) is 14.3. The molecule has 2 saturated carbocycles. The predicted molar refractivity (Wildman–Crippen MR) is 68.6 cm³/mol. The van der Waals surface area contributed by atoms with E-state index < -0.39 is 12.1 Å². The molecule has 3 rings (SSSR count). The Labute approximate surface area is 120 Å². The molecular formula is C13H17ClF3N3. The maximum atomic E-state index is 12.9. The molecule has 3 nitrogen and oxygen atoms in total. The average molecular weight is 308 g/mol. The Bertz CT molecular complexity index is 482. The molecule has 1 aromatic heterocycles. The molecule has 0 N–H and O–H groups in total. The molecule has 0 aliphatic heterocycles. The molecule has 2 unspecified atom stereocenters. The smallest absolute Gasteiger partial charge is 0.311 e. The normalized spacial score (nSPS) is 27.8. The SMILES string of the molecule is FC(F)(F)C1CCCC(c2nnc(CCl)n2C2CC2)C1. The topological polar surface area (TPSA) is 30.7 Å². The summed E-state index contributed by atoms with van der Waals surface area (Å²) in [7, 11) is 0. The molecule has 1 heterocycles. The highest BCUT2D eigenvalue weighted by atomic mass is 35.5. The fraction of sp³-hybridized carbons (Fsp3) is 0.846. The molecule has 112 valence electrons. The summed E-state index contributed by atoms with van der Waals surface area (Å²) in [5.74, 6) is 0.333. The van der Waals surface area contributed by atoms with Crippen LogP contribution in [0.25, 0.3) is 0 Å². The van der Waals surface area contributed by atoms with Crippen molar-refractivity contribution in [2.24, 2.45) is 5.92 Å². The molecule has 0 bridgehead atoms. The Kier molecular flexibility index (Phi) is 3.69. The van der Waals surface area contributed by atoms with Crippen LogP contribution in [0.1, 0.15) is 62.1 Å². The maximum absolute atomic E-state index is 12.9. The van der Waals surface area contributed by atoms with Gasteiger partial charge in [0, 0.05) is 12.0 Å². The van der Waals surface area contributed by atoms with Crippen molar-refractivity contribution in [1.82, 2.24) is 14.8 Å². The first-order valence-electron chi connectivity index (χ1n) is 7.07. The lowest BCUT2D eigenvalue weighted by Gasteiger charge is -2.30. The summed E-state index contributed by atoms with van der Waals surface area (Å²) >= 11 is 5.85. The average Bonchev–Trinajstić information content (AvgIpc) is 3.17. The van der Waals surface area contributed by atoms with Crippen LogP contribution in [0, 0.1) is 5.92 Å². The van der Waals surface area contributed by atoms with E-state index in [2.05, 4.69) is 10.2 Å². The van der Waals surface area contributed by atoms with Gasteiger partial charge in [-0.2, -0.15) is 13.2 Å². The highest BCUT2D eigenvalue weighted by molar-refractivity contribution is 6.16. The molecule has 0 saturated heterocycles. The van der Waals surface area contributed by atoms with E-state index in [1.54, 1.807) is 0 Å². The largest absolute Gasteiger partial charge is 0.391 e. The number of rotatable bonds is 3. The zero-order valence-electron chi connectivity index (χ0n) is 11.0. The third-order valence-electron chi connectivity index (χ3n) is 4.33. The Morgan fingerprint density at radius 3 is 2.50 bits per heavy atom. The van der Waals surface area contributed by atoms with Crippen molar-refractivity contribution in [2.75, 3.05) is 0 Å². The Balaban J connectivity index is 1.84. The Morgan fingerprint density at radius 2 is 1.90 bits per heavy atom. The van der Waals surface area contributed by atoms with Gasteiger partial charge in [0.15, 0.2) is 0 Å². The van der Waals surface area contributed by atoms with Gasteiger partial charge >= 0.3 is 6.18 Å². The number of hydrogen-bond acceptors (Lipinski definition) is 2. The second-order valence-electron chi connectivity index (χ2n) is 5.81. The van der Waals surface area contributed by atoms with Crippen LogP contribution in [0.5, 0.6) is 0 Å². The van der Waals surface area contributed by atoms with Crippen LogP contribution in [0.3, 0.4) is 0 Å². The highest BCUT2D eigenvalue weighted by Crippen LogP contribution is 2.45. The lowest BCUT2D eigenvalue weighted by Crippen LogP contribution is -2.29. The van der Waals surface area contributed by atoms with Crippen molar-refractivity contribution < 1.29 is 13.2 Å². The molecule has 0 spiro atoms. The number of hydrogen-bond donors (Lipinski definition) is 0. The van der Waals surface area contributed by atoms with Gasteiger partial charge in [-0.25, -0.2) is 0 Å². The van der Waals surface area contributed by atoms with Gasteiger partial charge in [-0.3, -0.25) is 0 Å². The van der Waals surface area contributed by atoms with Crippen LogP contribution in [0.2, 0.25) is 0 Å². The second kappa shape index (κ2) is 5.20. The van der Waals surface area contributed by atoms with E-state index in [-0.39, 0.29) is 24.6 Å². The Morgan fingerprint density at radius 1 is 1.15 bits per heavy atom. The lowest BCUT2D eigenvalue weighted by molar-refractivity contribution is -0.183. The fourth-order valence-corrected chi connectivity index (χ4v) is 3.34. The van der Waals surface area contributed by atoms with Gasteiger partial charge in [0.1, 0.15) is 11.6 Å². The van der Waals surface area contributed by atoms with Crippen LogP contribution in [-0.2, 0) is 5.88 Å². The van der Waals surface area contributed by atoms with Gasteiger partial charge in [0.05, 0.1) is 11.8 Å². The third-order valence-corrected chi connectivity index (χ3v) is 4.57. The Hall–Kier alpha value is -0.780. The lowest BCUT2D eigenvalue weighted by atomic mass is 9.80. The maximum Gasteiger partial charge on any atom is 0.391 e. The molecule has 1 aromatic rings. The minimum absolute atomic E-state index is 0.136. The molecule has 2 aliphatic rings. The van der Waals surface area contributed by atoms with Gasteiger partial charge in [-0.15, -0.1) is 21.8 Å². The van der Waals surface area contributed by atoms with E-state index in [0.29, 0.717) is 18.3 Å². The first-order valence-corrected chi connectivity index (χ1v) is 7.60. The summed E-state index contributed by atoms with van der Waals surface area (Å²) in [6.07, 6.45) is -0.272. The van der Waals surface area contributed by atoms with Crippen LogP contribution in [0.15, 0.2) is 0 Å². The van der Waals surface area contributed by atoms with Crippen molar-refractivity contribution in [2.45, 2.75) is 62.5 Å². The highest BCUT2D eigenvalue weighted by Gasteiger charge is 2.44. The van der Waals surface area contributed by atoms with E-state index in [9.17, 15) is 13.2 Å². The number of halogens is 4. The quantitative estimate of drug-likeness (QED) is 0.784. The van der Waals surface area contributed by atoms with Crippen LogP contribution in [-0.4, -0.2) is 20.9 Å². The van der Waals surface area contributed by atoms with Gasteiger partial charge in [0.25, 0.3) is 0 Å². The summed E-state index contributed by atoms with van der Waals surface area (Å²) in [5, 5.41) is 8.21. The summed E-state index contributed by atoms with van der Waals surface area (Å²) in [5.41, 5.74) is 0. The van der Waals surface area contributed by atoms with Crippen LogP contribution < -0.4 is 0 Å². The van der Waals surface area contributed by atoms with Crippen molar-refractivity contribution in [1.29, 1.82) is 0 Å². The molecular weight excluding hydrogens is 291 g/mol. The molecule has 2 atom stereocenters. The third kappa shape index (κ3) is 2.67. The zero-order valence-corrected chi connectivity index (χ0v) is 11.8. The molecule has 7 heteroatoms. The van der Waals surface area contributed by atoms with Crippen molar-refractivity contribution in [3.8, 4) is 0 Å². The van der Waals surface area contributed by atoms with E-state index >= 15 is 0 Å². The fourth-order valence-electron chi connectivity index (χ4n) is 3.16. The van der Waals surface area contributed by atoms with Gasteiger partial charge in [0.2, 0.25) is 0 Å². The summed E-state index contributed by atoms with van der Waals surface area (Å²) in [6, 6.07) is 0.347. The number of aromatic nitrogens is 3. The van der Waals surface area contributed by atoms with E-state index in [1.165, 1.54) is 0 Å². The van der Waals surface area contributed by atoms with Crippen LogP contribution in [0.4, 0.5) is 13.2 Å². The first kappa shape index (κ1) is 14.2. The van der Waals surface area contributed by atoms with Crippen LogP contribution >= 0.6 is 11.6 Å². The summed E-state index contributed by atoms with van der Waals surface area (Å²) in [4.78, 5) is 0. The number of nitrogens with zero attached hydrogens (tertiary/aromatic N) is 3. The minimum Gasteiger partial charge on any atom is -0.311 e. The van der Waals surface area contributed by atoms with E-state index in [1.807, 2.05) is 4.57 Å². The molecule has 20 heavy (non-hydrogen) atoms. The summed E-state index contributed by atoms with van der Waals surface area (Å²) < 4.78 is 40.7. The van der Waals surface area contributed by atoms with E-state index in [0.717, 1.165) is 25.1 Å². The van der Waals surface area contributed by atoms with Crippen molar-refractivity contribution in [3.63, 3.8) is 0 Å². The second-order valence-corrected chi connectivity index (χ2v) is 6.08. The standard InChI is InChI=1S/C13H17ClF3N3/c14-7-11-18-19-12(20(11)10-4-5-10)8-2-1-3-9(6-8)13(15,16)17/h8-10H,1-7H2. The summed E-state index contributed by atoms with van der Waals surface area (Å²) in [6.45, 7) is 0. The van der Waals surface area contributed by atoms with E-state index in [4.69, 9.17) is 11.6 Å². The monoisotopic (exact) mass is 307 g/mol. The first-order chi connectivity index (χ1) is 9.50. The van der Waals surface area contributed by atoms with Crippen molar-refractivity contribution >= 4 is 11.6 Å². The van der Waals surface area contributed by atoms with Crippen molar-refractivity contribution in [3.05, 3.63) is 11.6 Å².